The van der Waals surface area contributed by atoms with E-state index < -0.39 is 0 Å². The molecule has 0 atom stereocenters. The first kappa shape index (κ1) is 36.6. The Labute approximate surface area is 367 Å². The van der Waals surface area contributed by atoms with Gasteiger partial charge in [-0.15, -0.1) is 0 Å². The molecule has 1 heteroatoms. The van der Waals surface area contributed by atoms with E-state index in [1.165, 1.54) is 92.8 Å². The van der Waals surface area contributed by atoms with Gasteiger partial charge in [0.2, 0.25) is 0 Å². The molecule has 0 heterocycles. The zero-order valence-corrected chi connectivity index (χ0v) is 34.6. The van der Waals surface area contributed by atoms with Gasteiger partial charge in [0, 0.05) is 16.9 Å². The monoisotopic (exact) mass is 799 g/mol. The number of hydrogen-bond donors (Lipinski definition) is 0. The van der Waals surface area contributed by atoms with Crippen LogP contribution in [0.25, 0.3) is 98.4 Å². The molecule has 0 spiro atoms. The van der Waals surface area contributed by atoms with Crippen LogP contribution < -0.4 is 4.90 Å². The van der Waals surface area contributed by atoms with Gasteiger partial charge in [0.25, 0.3) is 0 Å². The average molecular weight is 800 g/mol. The molecular weight excluding hydrogens is 759 g/mol. The van der Waals surface area contributed by atoms with Gasteiger partial charge in [-0.25, -0.2) is 0 Å². The maximum atomic E-state index is 2.43. The van der Waals surface area contributed by atoms with Crippen LogP contribution in [0.1, 0.15) is 0 Å². The summed E-state index contributed by atoms with van der Waals surface area (Å²) in [6, 6.07) is 91.0. The number of hydrogen-bond acceptors (Lipinski definition) is 1. The Morgan fingerprint density at radius 2 is 0.603 bits per heavy atom. The quantitative estimate of drug-likeness (QED) is 0.145. The highest BCUT2D eigenvalue weighted by Gasteiger charge is 2.20. The number of anilines is 3. The molecule has 0 N–H and O–H groups in total. The number of nitrogens with zero attached hydrogens (tertiary/aromatic N) is 1. The second-order valence-corrected chi connectivity index (χ2v) is 16.4. The Kier molecular flexibility index (Phi) is 8.90. The predicted octanol–water partition coefficient (Wildman–Crippen LogP) is 17.6. The summed E-state index contributed by atoms with van der Waals surface area (Å²) in [6.45, 7) is 0. The molecule has 0 saturated carbocycles. The molecule has 12 aromatic carbocycles. The molecule has 0 fully saturated rings. The highest BCUT2D eigenvalue weighted by molar-refractivity contribution is 6.25. The molecule has 0 aromatic heterocycles. The summed E-state index contributed by atoms with van der Waals surface area (Å²) in [5.74, 6) is 0. The summed E-state index contributed by atoms with van der Waals surface area (Å²) in [6.07, 6.45) is 0. The van der Waals surface area contributed by atoms with Gasteiger partial charge < -0.3 is 4.90 Å². The smallest absolute Gasteiger partial charge is 0.0546 e. The normalized spacial score (nSPS) is 11.5. The van der Waals surface area contributed by atoms with Crippen molar-refractivity contribution in [2.75, 3.05) is 4.90 Å². The predicted molar refractivity (Wildman–Crippen MR) is 270 cm³/mol. The van der Waals surface area contributed by atoms with E-state index in [0.717, 1.165) is 22.6 Å². The number of benzene rings is 12. The molecule has 63 heavy (non-hydrogen) atoms. The summed E-state index contributed by atoms with van der Waals surface area (Å²) in [5.41, 5.74) is 12.8. The van der Waals surface area contributed by atoms with E-state index in [0.29, 0.717) is 0 Å². The van der Waals surface area contributed by atoms with Crippen molar-refractivity contribution >= 4 is 70.9 Å². The third-order valence-electron chi connectivity index (χ3n) is 12.8. The first-order valence-corrected chi connectivity index (χ1v) is 21.7. The van der Waals surface area contributed by atoms with Crippen molar-refractivity contribution in [3.63, 3.8) is 0 Å². The van der Waals surface area contributed by atoms with Gasteiger partial charge in [-0.2, -0.15) is 0 Å². The Hall–Kier alpha value is -8.26. The van der Waals surface area contributed by atoms with E-state index in [2.05, 4.69) is 254 Å². The maximum Gasteiger partial charge on any atom is 0.0546 e. The molecular formula is C62H41N. The van der Waals surface area contributed by atoms with E-state index in [-0.39, 0.29) is 0 Å². The lowest BCUT2D eigenvalue weighted by Gasteiger charge is -2.29. The van der Waals surface area contributed by atoms with Gasteiger partial charge in [-0.1, -0.05) is 206 Å². The molecule has 0 saturated heterocycles. The third kappa shape index (κ3) is 6.42. The molecule has 0 bridgehead atoms. The molecule has 0 unspecified atom stereocenters. The average Bonchev–Trinajstić information content (AvgIpc) is 3.37. The maximum absolute atomic E-state index is 2.43. The largest absolute Gasteiger partial charge is 0.310 e. The second-order valence-electron chi connectivity index (χ2n) is 16.4. The Bertz CT molecular complexity index is 3610. The third-order valence-corrected chi connectivity index (χ3v) is 12.8. The SMILES string of the molecule is c1ccc(-c2ccc(-c3ccccc3)c(N(c3ccc(-c4ccc5c6ccccc6c6ccccc6c5c4)cc3)c3ccc(-c4cc5ccccc5c5ccccc45)cc3)c2)cc1. The first-order chi connectivity index (χ1) is 31.2. The van der Waals surface area contributed by atoms with Crippen LogP contribution >= 0.6 is 0 Å². The molecule has 294 valence electrons. The summed E-state index contributed by atoms with van der Waals surface area (Å²) in [7, 11) is 0. The van der Waals surface area contributed by atoms with Crippen LogP contribution in [0.2, 0.25) is 0 Å². The van der Waals surface area contributed by atoms with E-state index in [4.69, 9.17) is 0 Å². The fraction of sp³-hybridized carbons (Fsp3) is 0. The topological polar surface area (TPSA) is 3.24 Å². The van der Waals surface area contributed by atoms with Gasteiger partial charge >= 0.3 is 0 Å². The van der Waals surface area contributed by atoms with E-state index in [1.54, 1.807) is 0 Å². The van der Waals surface area contributed by atoms with Crippen molar-refractivity contribution < 1.29 is 0 Å². The molecule has 0 aliphatic carbocycles. The van der Waals surface area contributed by atoms with Gasteiger partial charge in [0.1, 0.15) is 0 Å². The fourth-order valence-corrected chi connectivity index (χ4v) is 9.79. The van der Waals surface area contributed by atoms with Gasteiger partial charge in [0.15, 0.2) is 0 Å². The second kappa shape index (κ2) is 15.3. The van der Waals surface area contributed by atoms with Gasteiger partial charge in [-0.3, -0.25) is 0 Å². The molecule has 12 rings (SSSR count). The molecule has 0 aliphatic rings. The van der Waals surface area contributed by atoms with Crippen LogP contribution in [0.4, 0.5) is 17.1 Å². The number of fused-ring (bicyclic) bond motifs is 9. The first-order valence-electron chi connectivity index (χ1n) is 21.7. The molecule has 0 amide bonds. The lowest BCUT2D eigenvalue weighted by atomic mass is 9.92. The summed E-state index contributed by atoms with van der Waals surface area (Å²) in [4.78, 5) is 2.43. The highest BCUT2D eigenvalue weighted by Crippen LogP contribution is 2.45. The number of rotatable bonds is 7. The summed E-state index contributed by atoms with van der Waals surface area (Å²) < 4.78 is 0. The molecule has 0 aliphatic heterocycles. The van der Waals surface area contributed by atoms with Crippen molar-refractivity contribution in [3.05, 3.63) is 249 Å². The fourth-order valence-electron chi connectivity index (χ4n) is 9.79. The zero-order valence-electron chi connectivity index (χ0n) is 34.6. The minimum atomic E-state index is 1.09. The van der Waals surface area contributed by atoms with Crippen LogP contribution in [0, 0.1) is 0 Å². The van der Waals surface area contributed by atoms with Crippen molar-refractivity contribution in [1.29, 1.82) is 0 Å². The van der Waals surface area contributed by atoms with E-state index in [1.807, 2.05) is 0 Å². The van der Waals surface area contributed by atoms with Crippen LogP contribution in [-0.2, 0) is 0 Å². The molecule has 1 nitrogen and oxygen atoms in total. The van der Waals surface area contributed by atoms with E-state index >= 15 is 0 Å². The van der Waals surface area contributed by atoms with Crippen LogP contribution in [-0.4, -0.2) is 0 Å². The van der Waals surface area contributed by atoms with Crippen molar-refractivity contribution in [3.8, 4) is 44.5 Å². The minimum Gasteiger partial charge on any atom is -0.310 e. The molecule has 12 aromatic rings. The van der Waals surface area contributed by atoms with Crippen LogP contribution in [0.3, 0.4) is 0 Å². The lowest BCUT2D eigenvalue weighted by Crippen LogP contribution is -2.11. The lowest BCUT2D eigenvalue weighted by molar-refractivity contribution is 1.28. The molecule has 0 radical (unpaired) electrons. The standard InChI is InChI=1S/C62H41N/c1-3-15-42(16-4-1)47-31-37-52(44-17-5-2-6-18-44)62(41-47)63(50-35-29-45(30-36-50)60-40-48-19-7-8-20-51(48)53-21-9-13-25-57(53)60)49-33-27-43(28-34-49)46-32-38-59-56-24-11-10-22-54(56)55-23-12-14-26-58(55)61(59)39-46/h1-41H. The Morgan fingerprint density at radius 3 is 1.22 bits per heavy atom. The van der Waals surface area contributed by atoms with Gasteiger partial charge in [-0.05, 0) is 135 Å². The summed E-state index contributed by atoms with van der Waals surface area (Å²) in [5, 5.41) is 12.8. The Morgan fingerprint density at radius 1 is 0.206 bits per heavy atom. The highest BCUT2D eigenvalue weighted by atomic mass is 15.1. The minimum absolute atomic E-state index is 1.09. The van der Waals surface area contributed by atoms with E-state index in [9.17, 15) is 0 Å². The zero-order chi connectivity index (χ0) is 41.7. The van der Waals surface area contributed by atoms with Crippen LogP contribution in [0.5, 0.6) is 0 Å². The van der Waals surface area contributed by atoms with Crippen molar-refractivity contribution in [2.45, 2.75) is 0 Å². The Balaban J connectivity index is 1.02. The van der Waals surface area contributed by atoms with Crippen molar-refractivity contribution in [1.82, 2.24) is 0 Å². The van der Waals surface area contributed by atoms with Crippen LogP contribution in [0.15, 0.2) is 249 Å². The van der Waals surface area contributed by atoms with Crippen molar-refractivity contribution in [2.24, 2.45) is 0 Å². The summed E-state index contributed by atoms with van der Waals surface area (Å²) >= 11 is 0. The van der Waals surface area contributed by atoms with Gasteiger partial charge in [0.05, 0.1) is 5.69 Å².